The highest BCUT2D eigenvalue weighted by atomic mass is 16.6. The van der Waals surface area contributed by atoms with Crippen LogP contribution in [0.2, 0.25) is 0 Å². The lowest BCUT2D eigenvalue weighted by Gasteiger charge is -2.15. The van der Waals surface area contributed by atoms with E-state index in [0.29, 0.717) is 6.61 Å². The first kappa shape index (κ1) is 10.2. The summed E-state index contributed by atoms with van der Waals surface area (Å²) < 4.78 is 5.17. The van der Waals surface area contributed by atoms with Crippen molar-refractivity contribution in [1.82, 2.24) is 5.32 Å². The van der Waals surface area contributed by atoms with Crippen LogP contribution in [0.4, 0.5) is 4.79 Å². The van der Waals surface area contributed by atoms with Gasteiger partial charge in [0.2, 0.25) is 7.85 Å². The maximum absolute atomic E-state index is 10.8. The molecule has 1 heterocycles. The van der Waals surface area contributed by atoms with Gasteiger partial charge in [-0.05, 0) is 12.0 Å². The molecule has 1 saturated heterocycles. The molecular weight excluding hydrogens is 189 g/mol. The zero-order chi connectivity index (χ0) is 10.7. The van der Waals surface area contributed by atoms with Crippen LogP contribution < -0.4 is 5.32 Å². The fourth-order valence-corrected chi connectivity index (χ4v) is 1.61. The van der Waals surface area contributed by atoms with Crippen LogP contribution in [-0.2, 0) is 11.2 Å². The van der Waals surface area contributed by atoms with Crippen molar-refractivity contribution >= 4 is 13.7 Å². The third-order valence-electron chi connectivity index (χ3n) is 2.43. The summed E-state index contributed by atoms with van der Waals surface area (Å²) in [4.78, 5) is 10.8. The van der Waals surface area contributed by atoms with Crippen LogP contribution >= 0.6 is 0 Å². The summed E-state index contributed by atoms with van der Waals surface area (Å²) >= 11 is 0. The van der Waals surface area contributed by atoms with Crippen molar-refractivity contribution in [1.29, 1.82) is 0 Å². The molecule has 0 saturated carbocycles. The van der Waals surface area contributed by atoms with Crippen LogP contribution in [0.3, 0.4) is 0 Å². The molecule has 0 aliphatic carbocycles. The van der Waals surface area contributed by atoms with Crippen LogP contribution in [0.15, 0.2) is 30.3 Å². The Hall–Kier alpha value is -1.29. The normalized spacial score (nSPS) is 20.7. The van der Waals surface area contributed by atoms with Crippen molar-refractivity contribution in [3.63, 3.8) is 0 Å². The molecule has 2 rings (SSSR count). The SMILES string of the molecule is [B]C(=O)N[C@H](Cc1ccccc1)[C@@H]1CO1. The molecule has 1 aliphatic heterocycles. The second-order valence-electron chi connectivity index (χ2n) is 3.68. The number of benzene rings is 1. The van der Waals surface area contributed by atoms with Crippen molar-refractivity contribution in [2.75, 3.05) is 6.61 Å². The third kappa shape index (κ3) is 3.10. The zero-order valence-electron chi connectivity index (χ0n) is 8.35. The summed E-state index contributed by atoms with van der Waals surface area (Å²) in [5.41, 5.74) is 1.17. The highest BCUT2D eigenvalue weighted by Gasteiger charge is 2.33. The average Bonchev–Trinajstić information content (AvgIpc) is 3.01. The van der Waals surface area contributed by atoms with Gasteiger partial charge in [0, 0.05) is 0 Å². The number of ether oxygens (including phenoxy) is 1. The van der Waals surface area contributed by atoms with Crippen LogP contribution in [0.5, 0.6) is 0 Å². The number of epoxide rings is 1. The highest BCUT2D eigenvalue weighted by Crippen LogP contribution is 2.17. The Labute approximate surface area is 90.2 Å². The number of hydrogen-bond donors (Lipinski definition) is 1. The standard InChI is InChI=1S/C11H12BNO2/c12-11(14)13-9(10-7-15-10)6-8-4-2-1-3-5-8/h1-5,9-10H,6-7H2,(H,13,14)/t9-,10+/m1/s1. The minimum Gasteiger partial charge on any atom is -0.371 e. The van der Waals surface area contributed by atoms with Gasteiger partial charge in [-0.3, -0.25) is 4.79 Å². The fourth-order valence-electron chi connectivity index (χ4n) is 1.61. The quantitative estimate of drug-likeness (QED) is 0.580. The molecule has 4 heteroatoms. The summed E-state index contributed by atoms with van der Waals surface area (Å²) in [6, 6.07) is 9.96. The van der Waals surface area contributed by atoms with E-state index in [0.717, 1.165) is 6.42 Å². The number of carbonyl (C=O) groups is 1. The maximum atomic E-state index is 10.8. The molecule has 0 unspecified atom stereocenters. The van der Waals surface area contributed by atoms with E-state index in [2.05, 4.69) is 5.32 Å². The molecular formula is C11H12BNO2. The number of amides is 1. The van der Waals surface area contributed by atoms with Gasteiger partial charge in [0.05, 0.1) is 12.6 Å². The summed E-state index contributed by atoms with van der Waals surface area (Å²) in [7, 11) is 5.11. The van der Waals surface area contributed by atoms with Crippen molar-refractivity contribution in [2.24, 2.45) is 0 Å². The van der Waals surface area contributed by atoms with Gasteiger partial charge in [-0.25, -0.2) is 0 Å². The first-order chi connectivity index (χ1) is 7.25. The number of carbonyl (C=O) groups excluding carboxylic acids is 1. The zero-order valence-corrected chi connectivity index (χ0v) is 8.35. The van der Waals surface area contributed by atoms with Gasteiger partial charge < -0.3 is 10.1 Å². The van der Waals surface area contributed by atoms with Crippen molar-refractivity contribution in [3.8, 4) is 0 Å². The minimum atomic E-state index is -0.494. The predicted octanol–water partition coefficient (Wildman–Crippen LogP) is 0.875. The van der Waals surface area contributed by atoms with Crippen molar-refractivity contribution in [3.05, 3.63) is 35.9 Å². The number of nitrogens with one attached hydrogen (secondary N) is 1. The largest absolute Gasteiger partial charge is 0.371 e. The van der Waals surface area contributed by atoms with E-state index in [1.54, 1.807) is 0 Å². The van der Waals surface area contributed by atoms with Crippen molar-refractivity contribution < 1.29 is 9.53 Å². The van der Waals surface area contributed by atoms with Crippen LogP contribution in [0.1, 0.15) is 5.56 Å². The van der Waals surface area contributed by atoms with Gasteiger partial charge in [0.25, 0.3) is 0 Å². The lowest BCUT2D eigenvalue weighted by Crippen LogP contribution is -2.39. The molecule has 3 nitrogen and oxygen atoms in total. The lowest BCUT2D eigenvalue weighted by molar-refractivity contribution is 0.251. The molecule has 1 N–H and O–H groups in total. The highest BCUT2D eigenvalue weighted by molar-refractivity contribution is 6.57. The molecule has 0 spiro atoms. The van der Waals surface area contributed by atoms with Gasteiger partial charge in [-0.15, -0.1) is 0 Å². The molecule has 2 atom stereocenters. The van der Waals surface area contributed by atoms with Crippen molar-refractivity contribution in [2.45, 2.75) is 18.6 Å². The summed E-state index contributed by atoms with van der Waals surface area (Å²) in [6.07, 6.45) is 0.881. The smallest absolute Gasteiger partial charge is 0.200 e. The summed E-state index contributed by atoms with van der Waals surface area (Å²) in [5, 5.41) is 2.70. The third-order valence-corrected chi connectivity index (χ3v) is 2.43. The van der Waals surface area contributed by atoms with Crippen LogP contribution in [0.25, 0.3) is 0 Å². The number of rotatable bonds is 4. The van der Waals surface area contributed by atoms with Gasteiger partial charge in [0.15, 0.2) is 5.81 Å². The molecule has 15 heavy (non-hydrogen) atoms. The predicted molar refractivity (Wildman–Crippen MR) is 58.0 cm³/mol. The Kier molecular flexibility index (Phi) is 3.06. The lowest BCUT2D eigenvalue weighted by atomic mass is 10.0. The Balaban J connectivity index is 1.97. The van der Waals surface area contributed by atoms with Gasteiger partial charge >= 0.3 is 0 Å². The molecule has 0 aromatic heterocycles. The molecule has 1 aliphatic rings. The van der Waals surface area contributed by atoms with Crippen LogP contribution in [-0.4, -0.2) is 32.4 Å². The number of hydrogen-bond acceptors (Lipinski definition) is 2. The molecule has 1 aromatic carbocycles. The molecule has 1 aromatic rings. The minimum absolute atomic E-state index is 0.00935. The van der Waals surface area contributed by atoms with Gasteiger partial charge in [-0.2, -0.15) is 0 Å². The van der Waals surface area contributed by atoms with E-state index in [9.17, 15) is 4.79 Å². The first-order valence-corrected chi connectivity index (χ1v) is 4.97. The average molecular weight is 201 g/mol. The Morgan fingerprint density at radius 3 is 2.73 bits per heavy atom. The Morgan fingerprint density at radius 2 is 2.20 bits per heavy atom. The van der Waals surface area contributed by atoms with Crippen LogP contribution in [0, 0.1) is 0 Å². The van der Waals surface area contributed by atoms with E-state index in [4.69, 9.17) is 12.6 Å². The molecule has 2 radical (unpaired) electrons. The van der Waals surface area contributed by atoms with Gasteiger partial charge in [0.1, 0.15) is 6.10 Å². The second-order valence-corrected chi connectivity index (χ2v) is 3.68. The summed E-state index contributed by atoms with van der Waals surface area (Å²) in [5.74, 6) is -0.494. The van der Waals surface area contributed by atoms with E-state index < -0.39 is 5.81 Å². The maximum Gasteiger partial charge on any atom is 0.200 e. The Bertz CT molecular complexity index is 338. The molecule has 1 fully saturated rings. The molecule has 76 valence electrons. The molecule has 0 bridgehead atoms. The van der Waals surface area contributed by atoms with E-state index >= 15 is 0 Å². The Morgan fingerprint density at radius 1 is 1.53 bits per heavy atom. The first-order valence-electron chi connectivity index (χ1n) is 4.97. The fraction of sp³-hybridized carbons (Fsp3) is 0.364. The van der Waals surface area contributed by atoms with E-state index in [1.807, 2.05) is 30.3 Å². The van der Waals surface area contributed by atoms with Gasteiger partial charge in [-0.1, -0.05) is 30.3 Å². The topological polar surface area (TPSA) is 41.6 Å². The monoisotopic (exact) mass is 201 g/mol. The molecule has 1 amide bonds. The summed E-state index contributed by atoms with van der Waals surface area (Å²) in [6.45, 7) is 0.706. The van der Waals surface area contributed by atoms with E-state index in [-0.39, 0.29) is 12.1 Å². The van der Waals surface area contributed by atoms with E-state index in [1.165, 1.54) is 5.56 Å². The second kappa shape index (κ2) is 4.49.